The number of hydrogen-bond acceptors (Lipinski definition) is 4. The van der Waals surface area contributed by atoms with E-state index in [-0.39, 0.29) is 5.91 Å². The Morgan fingerprint density at radius 1 is 1.22 bits per heavy atom. The third kappa shape index (κ3) is 4.21. The highest BCUT2D eigenvalue weighted by Gasteiger charge is 2.36. The van der Waals surface area contributed by atoms with E-state index in [2.05, 4.69) is 31.7 Å². The van der Waals surface area contributed by atoms with Gasteiger partial charge in [0.1, 0.15) is 5.82 Å². The highest BCUT2D eigenvalue weighted by Crippen LogP contribution is 2.29. The molecule has 144 valence electrons. The second-order valence-electron chi connectivity index (χ2n) is 7.93. The van der Waals surface area contributed by atoms with Gasteiger partial charge in [-0.1, -0.05) is 13.3 Å². The fourth-order valence-electron chi connectivity index (χ4n) is 4.39. The van der Waals surface area contributed by atoms with Gasteiger partial charge < -0.3 is 9.88 Å². The number of aromatic nitrogens is 3. The van der Waals surface area contributed by atoms with Gasteiger partial charge in [-0.25, -0.2) is 4.98 Å². The molecule has 0 aromatic carbocycles. The lowest BCUT2D eigenvalue weighted by Gasteiger charge is -2.35. The van der Waals surface area contributed by atoms with Gasteiger partial charge in [0.05, 0.1) is 0 Å². The van der Waals surface area contributed by atoms with E-state index in [4.69, 9.17) is 0 Å². The number of aromatic amines is 1. The van der Waals surface area contributed by atoms with Gasteiger partial charge in [0.2, 0.25) is 0 Å². The van der Waals surface area contributed by atoms with Gasteiger partial charge in [-0.15, -0.1) is 0 Å². The van der Waals surface area contributed by atoms with Crippen LogP contribution in [-0.2, 0) is 13.0 Å². The maximum absolute atomic E-state index is 12.9. The molecule has 1 amide bonds. The van der Waals surface area contributed by atoms with Gasteiger partial charge in [0, 0.05) is 68.5 Å². The summed E-state index contributed by atoms with van der Waals surface area (Å²) in [4.78, 5) is 29.6. The first-order chi connectivity index (χ1) is 13.2. The zero-order valence-electron chi connectivity index (χ0n) is 16.1. The number of nitrogens with one attached hydrogen (secondary N) is 1. The van der Waals surface area contributed by atoms with Crippen molar-refractivity contribution in [3.05, 3.63) is 47.8 Å². The molecule has 2 aromatic rings. The summed E-state index contributed by atoms with van der Waals surface area (Å²) in [6.07, 6.45) is 11.1. The van der Waals surface area contributed by atoms with Crippen LogP contribution < -0.4 is 0 Å². The molecule has 0 saturated carbocycles. The summed E-state index contributed by atoms with van der Waals surface area (Å²) in [7, 11) is 0. The molecule has 3 fully saturated rings. The summed E-state index contributed by atoms with van der Waals surface area (Å²) in [6.45, 7) is 5.84. The van der Waals surface area contributed by atoms with E-state index in [9.17, 15) is 4.79 Å². The number of carbonyl (C=O) groups is 1. The first-order valence-corrected chi connectivity index (χ1v) is 10.2. The minimum Gasteiger partial charge on any atom is -0.345 e. The minimum atomic E-state index is 0.138. The van der Waals surface area contributed by atoms with Crippen LogP contribution in [-0.4, -0.2) is 56.3 Å². The molecule has 3 aliphatic heterocycles. The molecular formula is C21H29N5O. The number of aryl methyl sites for hydroxylation is 1. The van der Waals surface area contributed by atoms with E-state index >= 15 is 0 Å². The number of fused-ring (bicyclic) bond motifs is 4. The molecule has 3 saturated heterocycles. The molecule has 3 aliphatic rings. The fraction of sp³-hybridized carbons (Fsp3) is 0.571. The maximum Gasteiger partial charge on any atom is 0.254 e. The van der Waals surface area contributed by atoms with Crippen molar-refractivity contribution in [1.29, 1.82) is 0 Å². The van der Waals surface area contributed by atoms with Crippen LogP contribution in [0.1, 0.15) is 54.5 Å². The first-order valence-electron chi connectivity index (χ1n) is 10.2. The molecule has 6 nitrogen and oxygen atoms in total. The van der Waals surface area contributed by atoms with Gasteiger partial charge >= 0.3 is 0 Å². The van der Waals surface area contributed by atoms with Crippen LogP contribution in [0.15, 0.2) is 30.7 Å². The number of imidazole rings is 1. The highest BCUT2D eigenvalue weighted by atomic mass is 16.2. The smallest absolute Gasteiger partial charge is 0.254 e. The Hall–Kier alpha value is -2.21. The molecule has 6 heteroatoms. The van der Waals surface area contributed by atoms with Crippen molar-refractivity contribution in [2.24, 2.45) is 5.92 Å². The van der Waals surface area contributed by atoms with E-state index in [1.165, 1.54) is 31.4 Å². The van der Waals surface area contributed by atoms with Crippen LogP contribution in [0.4, 0.5) is 0 Å². The van der Waals surface area contributed by atoms with E-state index < -0.39 is 0 Å². The van der Waals surface area contributed by atoms with Crippen molar-refractivity contribution in [3.63, 3.8) is 0 Å². The fourth-order valence-corrected chi connectivity index (χ4v) is 4.39. The standard InChI is InChI=1S/C21H29N5O/c1-2-3-4-20-23-11-18(24-20)14-25-12-16-5-6-19(25)15-26(13-16)21(27)17-7-9-22-10-8-17/h7-11,16,19H,2-6,12-15H2,1H3,(H,23,24)/t16-,19-/m1/s1. The van der Waals surface area contributed by atoms with Crippen molar-refractivity contribution in [2.45, 2.75) is 51.6 Å². The van der Waals surface area contributed by atoms with Crippen LogP contribution in [0.3, 0.4) is 0 Å². The molecular weight excluding hydrogens is 338 g/mol. The predicted molar refractivity (Wildman–Crippen MR) is 104 cm³/mol. The lowest BCUT2D eigenvalue weighted by molar-refractivity contribution is 0.0735. The van der Waals surface area contributed by atoms with Crippen molar-refractivity contribution >= 4 is 5.91 Å². The molecule has 27 heavy (non-hydrogen) atoms. The van der Waals surface area contributed by atoms with Gasteiger partial charge in [0.15, 0.2) is 0 Å². The summed E-state index contributed by atoms with van der Waals surface area (Å²) in [5.74, 6) is 1.79. The molecule has 1 N–H and O–H groups in total. The Morgan fingerprint density at radius 2 is 2.07 bits per heavy atom. The highest BCUT2D eigenvalue weighted by molar-refractivity contribution is 5.94. The van der Waals surface area contributed by atoms with E-state index in [0.29, 0.717) is 12.0 Å². The van der Waals surface area contributed by atoms with Gasteiger partial charge in [-0.2, -0.15) is 0 Å². The second kappa shape index (κ2) is 8.21. The molecule has 0 unspecified atom stereocenters. The molecule has 0 radical (unpaired) electrons. The predicted octanol–water partition coefficient (Wildman–Crippen LogP) is 2.88. The van der Waals surface area contributed by atoms with Crippen LogP contribution in [0.5, 0.6) is 0 Å². The zero-order valence-corrected chi connectivity index (χ0v) is 16.1. The van der Waals surface area contributed by atoms with Crippen LogP contribution in [0.2, 0.25) is 0 Å². The van der Waals surface area contributed by atoms with Crippen molar-refractivity contribution in [2.75, 3.05) is 19.6 Å². The summed E-state index contributed by atoms with van der Waals surface area (Å²) in [5, 5.41) is 0. The quantitative estimate of drug-likeness (QED) is 0.853. The summed E-state index contributed by atoms with van der Waals surface area (Å²) in [6, 6.07) is 4.06. The average Bonchev–Trinajstić information content (AvgIpc) is 2.94. The monoisotopic (exact) mass is 367 g/mol. The van der Waals surface area contributed by atoms with Crippen molar-refractivity contribution < 1.29 is 4.79 Å². The Morgan fingerprint density at radius 3 is 2.89 bits per heavy atom. The molecule has 0 spiro atoms. The number of pyridine rings is 1. The van der Waals surface area contributed by atoms with Gasteiger partial charge in [0.25, 0.3) is 5.91 Å². The number of piperidine rings is 1. The molecule has 0 aliphatic carbocycles. The molecule has 2 bridgehead atoms. The summed E-state index contributed by atoms with van der Waals surface area (Å²) < 4.78 is 0. The normalized spacial score (nSPS) is 22.8. The summed E-state index contributed by atoms with van der Waals surface area (Å²) >= 11 is 0. The minimum absolute atomic E-state index is 0.138. The molecule has 5 rings (SSSR count). The van der Waals surface area contributed by atoms with Crippen LogP contribution in [0.25, 0.3) is 0 Å². The zero-order chi connectivity index (χ0) is 18.6. The number of carbonyl (C=O) groups excluding carboxylic acids is 1. The van der Waals surface area contributed by atoms with Crippen molar-refractivity contribution in [3.8, 4) is 0 Å². The third-order valence-electron chi connectivity index (χ3n) is 5.86. The Labute approximate surface area is 161 Å². The van der Waals surface area contributed by atoms with E-state index in [1.807, 2.05) is 18.3 Å². The third-order valence-corrected chi connectivity index (χ3v) is 5.86. The second-order valence-corrected chi connectivity index (χ2v) is 7.93. The largest absolute Gasteiger partial charge is 0.345 e. The van der Waals surface area contributed by atoms with Crippen LogP contribution in [0, 0.1) is 5.92 Å². The number of unbranched alkanes of at least 4 members (excludes halogenated alkanes) is 1. The Kier molecular flexibility index (Phi) is 5.53. The number of nitrogens with zero attached hydrogens (tertiary/aromatic N) is 4. The SMILES string of the molecule is CCCCc1ncc(CN2C[C@H]3CC[C@@H]2CN(C(=O)c2ccncc2)C3)[nH]1. The first kappa shape index (κ1) is 18.2. The maximum atomic E-state index is 12.9. The van der Waals surface area contributed by atoms with Gasteiger partial charge in [-0.3, -0.25) is 14.7 Å². The van der Waals surface area contributed by atoms with Gasteiger partial charge in [-0.05, 0) is 37.3 Å². The van der Waals surface area contributed by atoms with E-state index in [0.717, 1.165) is 44.0 Å². The van der Waals surface area contributed by atoms with Crippen LogP contribution >= 0.6 is 0 Å². The number of rotatable bonds is 6. The topological polar surface area (TPSA) is 65.1 Å². The molecule has 5 heterocycles. The number of hydrogen-bond donors (Lipinski definition) is 1. The lowest BCUT2D eigenvalue weighted by Crippen LogP contribution is -2.44. The molecule has 2 atom stereocenters. The molecule has 2 aromatic heterocycles. The van der Waals surface area contributed by atoms with Crippen molar-refractivity contribution in [1.82, 2.24) is 24.8 Å². The van der Waals surface area contributed by atoms with E-state index in [1.54, 1.807) is 12.4 Å². The number of H-pyrrole nitrogens is 1. The number of amides is 1. The lowest BCUT2D eigenvalue weighted by atomic mass is 9.95. The summed E-state index contributed by atoms with van der Waals surface area (Å²) in [5.41, 5.74) is 1.94. The Balaban J connectivity index is 1.42. The average molecular weight is 367 g/mol. The Bertz CT molecular complexity index is 759.